The second-order valence-electron chi connectivity index (χ2n) is 10.7. The second-order valence-corrected chi connectivity index (χ2v) is 10.7. The van der Waals surface area contributed by atoms with E-state index in [1.807, 2.05) is 6.92 Å². The molecule has 5 aliphatic rings. The van der Waals surface area contributed by atoms with Crippen LogP contribution in [0.1, 0.15) is 72.1 Å². The molecule has 1 heterocycles. The molecule has 5 fully saturated rings. The van der Waals surface area contributed by atoms with Gasteiger partial charge in [-0.25, -0.2) is 0 Å². The Bertz CT molecular complexity index is 634. The molecule has 152 valence electrons. The maximum absolute atomic E-state index is 12.3. The van der Waals surface area contributed by atoms with Crippen LogP contribution in [0.2, 0.25) is 0 Å². The first-order valence-corrected chi connectivity index (χ1v) is 11.1. The number of rotatable bonds is 4. The van der Waals surface area contributed by atoms with Crippen molar-refractivity contribution >= 4 is 5.78 Å². The number of hydrogen-bond acceptors (Lipinski definition) is 4. The van der Waals surface area contributed by atoms with Crippen LogP contribution in [0.15, 0.2) is 0 Å². The lowest BCUT2D eigenvalue weighted by Gasteiger charge is -2.59. The Morgan fingerprint density at radius 1 is 1.11 bits per heavy atom. The molecule has 0 amide bonds. The van der Waals surface area contributed by atoms with Gasteiger partial charge in [0.05, 0.1) is 12.2 Å². The van der Waals surface area contributed by atoms with Crippen LogP contribution < -0.4 is 0 Å². The third-order valence-electron chi connectivity index (χ3n) is 9.95. The number of carbonyl (C=O) groups excluding carboxylic acids is 1. The molecule has 0 aromatic rings. The molecular weight excluding hydrogens is 340 g/mol. The summed E-state index contributed by atoms with van der Waals surface area (Å²) < 4.78 is 17.6. The van der Waals surface area contributed by atoms with Crippen LogP contribution in [-0.4, -0.2) is 37.5 Å². The highest BCUT2D eigenvalue weighted by Crippen LogP contribution is 2.74. The van der Waals surface area contributed by atoms with E-state index in [4.69, 9.17) is 14.2 Å². The summed E-state index contributed by atoms with van der Waals surface area (Å²) in [4.78, 5) is 12.3. The largest absolute Gasteiger partial charge is 0.365 e. The predicted molar refractivity (Wildman–Crippen MR) is 102 cm³/mol. The van der Waals surface area contributed by atoms with Crippen molar-refractivity contribution in [3.05, 3.63) is 0 Å². The van der Waals surface area contributed by atoms with Gasteiger partial charge in [0.25, 0.3) is 0 Å². The molecule has 0 radical (unpaired) electrons. The third-order valence-corrected chi connectivity index (χ3v) is 9.95. The zero-order chi connectivity index (χ0) is 19.0. The van der Waals surface area contributed by atoms with E-state index in [-0.39, 0.29) is 22.5 Å². The van der Waals surface area contributed by atoms with Crippen LogP contribution in [0, 0.1) is 34.5 Å². The van der Waals surface area contributed by atoms with E-state index in [1.54, 1.807) is 7.11 Å². The van der Waals surface area contributed by atoms with Crippen molar-refractivity contribution in [1.82, 2.24) is 0 Å². The lowest BCUT2D eigenvalue weighted by molar-refractivity contribution is -0.147. The minimum Gasteiger partial charge on any atom is -0.365 e. The van der Waals surface area contributed by atoms with E-state index >= 15 is 0 Å². The minimum atomic E-state index is 0.0527. The predicted octanol–water partition coefficient (Wildman–Crippen LogP) is 4.35. The van der Waals surface area contributed by atoms with Crippen LogP contribution in [-0.2, 0) is 19.0 Å². The first-order chi connectivity index (χ1) is 12.9. The van der Waals surface area contributed by atoms with Gasteiger partial charge < -0.3 is 14.2 Å². The van der Waals surface area contributed by atoms with Crippen LogP contribution in [0.4, 0.5) is 0 Å². The SMILES string of the molecule is COCO[C@H]1CC[C@]2(C)C3CC[C@]4(C)C(C(C)=O)CCC4C3C[C@@H]3O[C@@]32C1. The number of fused-ring (bicyclic) bond motifs is 4. The van der Waals surface area contributed by atoms with E-state index in [0.29, 0.717) is 30.5 Å². The minimum absolute atomic E-state index is 0.0527. The normalized spacial score (nSPS) is 55.9. The number of hydrogen-bond donors (Lipinski definition) is 0. The number of ether oxygens (including phenoxy) is 3. The molecule has 0 N–H and O–H groups in total. The Kier molecular flexibility index (Phi) is 4.14. The molecule has 0 aromatic carbocycles. The van der Waals surface area contributed by atoms with Crippen LogP contribution in [0.3, 0.4) is 0 Å². The van der Waals surface area contributed by atoms with Crippen molar-refractivity contribution in [2.75, 3.05) is 13.9 Å². The van der Waals surface area contributed by atoms with E-state index < -0.39 is 0 Å². The fraction of sp³-hybridized carbons (Fsp3) is 0.957. The molecule has 0 bridgehead atoms. The summed E-state index contributed by atoms with van der Waals surface area (Å²) >= 11 is 0. The molecule has 4 saturated carbocycles. The third kappa shape index (κ3) is 2.36. The number of methoxy groups -OCH3 is 1. The van der Waals surface area contributed by atoms with Crippen LogP contribution in [0.25, 0.3) is 0 Å². The smallest absolute Gasteiger partial charge is 0.146 e. The van der Waals surface area contributed by atoms with Gasteiger partial charge in [0, 0.05) is 24.9 Å². The second kappa shape index (κ2) is 6.03. The average Bonchev–Trinajstić information content (AvgIpc) is 3.20. The zero-order valence-electron chi connectivity index (χ0n) is 17.5. The van der Waals surface area contributed by atoms with Gasteiger partial charge in [0.2, 0.25) is 0 Å². The molecule has 4 nitrogen and oxygen atoms in total. The molecule has 1 spiro atoms. The molecular formula is C23H36O4. The summed E-state index contributed by atoms with van der Waals surface area (Å²) in [7, 11) is 1.70. The highest BCUT2D eigenvalue weighted by atomic mass is 16.7. The van der Waals surface area contributed by atoms with Gasteiger partial charge in [0.1, 0.15) is 18.2 Å². The quantitative estimate of drug-likeness (QED) is 0.540. The topological polar surface area (TPSA) is 48.1 Å². The van der Waals surface area contributed by atoms with Crippen LogP contribution in [0.5, 0.6) is 0 Å². The van der Waals surface area contributed by atoms with E-state index in [0.717, 1.165) is 31.1 Å². The Morgan fingerprint density at radius 2 is 1.93 bits per heavy atom. The van der Waals surface area contributed by atoms with Gasteiger partial charge in [0.15, 0.2) is 0 Å². The summed E-state index contributed by atoms with van der Waals surface area (Å²) in [5.74, 6) is 2.93. The standard InChI is InChI=1S/C23H36O4/c1-14(24)17-5-6-18-16-11-20-23(27-20)12-15(26-13-25-4)7-10-22(23,3)19(16)8-9-21(17,18)2/h15-20H,5-13H2,1-4H3/t15-,16?,17?,18?,19?,20-,21+,22+,23-/m0/s1. The number of carbonyl (C=O) groups is 1. The van der Waals surface area contributed by atoms with Gasteiger partial charge >= 0.3 is 0 Å². The summed E-state index contributed by atoms with van der Waals surface area (Å²) in [6.07, 6.45) is 10.1. The first kappa shape index (κ1) is 18.6. The van der Waals surface area contributed by atoms with Gasteiger partial charge in [-0.3, -0.25) is 4.79 Å². The molecule has 4 aliphatic carbocycles. The van der Waals surface area contributed by atoms with E-state index in [2.05, 4.69) is 13.8 Å². The summed E-state index contributed by atoms with van der Waals surface area (Å²) in [5.41, 5.74) is 0.567. The van der Waals surface area contributed by atoms with Crippen LogP contribution >= 0.6 is 0 Å². The molecule has 5 rings (SSSR count). The van der Waals surface area contributed by atoms with Crippen molar-refractivity contribution in [2.45, 2.75) is 89.9 Å². The lowest BCUT2D eigenvalue weighted by Crippen LogP contribution is -2.58. The molecule has 0 aromatic heterocycles. The highest BCUT2D eigenvalue weighted by molar-refractivity contribution is 5.79. The van der Waals surface area contributed by atoms with Gasteiger partial charge in [-0.15, -0.1) is 0 Å². The summed E-state index contributed by atoms with van der Waals surface area (Å²) in [6.45, 7) is 7.17. The molecule has 9 atom stereocenters. The Labute approximate surface area is 163 Å². The maximum atomic E-state index is 12.3. The number of Topliss-reactive ketones (excluding diaryl/α,β-unsaturated/α-hetero) is 1. The fourth-order valence-electron chi connectivity index (χ4n) is 8.61. The Hall–Kier alpha value is -0.450. The average molecular weight is 377 g/mol. The molecule has 27 heavy (non-hydrogen) atoms. The van der Waals surface area contributed by atoms with Crippen molar-refractivity contribution in [3.63, 3.8) is 0 Å². The van der Waals surface area contributed by atoms with Crippen molar-refractivity contribution in [1.29, 1.82) is 0 Å². The molecule has 1 aliphatic heterocycles. The molecule has 4 heteroatoms. The van der Waals surface area contributed by atoms with Gasteiger partial charge in [-0.2, -0.15) is 0 Å². The Balaban J connectivity index is 1.40. The molecule has 4 unspecified atom stereocenters. The van der Waals surface area contributed by atoms with E-state index in [9.17, 15) is 4.79 Å². The maximum Gasteiger partial charge on any atom is 0.146 e. The zero-order valence-corrected chi connectivity index (χ0v) is 17.5. The van der Waals surface area contributed by atoms with Gasteiger partial charge in [-0.1, -0.05) is 13.8 Å². The monoisotopic (exact) mass is 376 g/mol. The Morgan fingerprint density at radius 3 is 2.67 bits per heavy atom. The van der Waals surface area contributed by atoms with E-state index in [1.165, 1.54) is 32.1 Å². The molecule has 1 saturated heterocycles. The van der Waals surface area contributed by atoms with Crippen molar-refractivity contribution in [3.8, 4) is 0 Å². The number of epoxide rings is 1. The first-order valence-electron chi connectivity index (χ1n) is 11.1. The summed E-state index contributed by atoms with van der Waals surface area (Å²) in [5, 5.41) is 0. The number of ketones is 1. The van der Waals surface area contributed by atoms with Gasteiger partial charge in [-0.05, 0) is 75.0 Å². The lowest BCUT2D eigenvalue weighted by atomic mass is 9.44. The fourth-order valence-corrected chi connectivity index (χ4v) is 8.61. The van der Waals surface area contributed by atoms with Crippen molar-refractivity contribution in [2.24, 2.45) is 34.5 Å². The highest BCUT2D eigenvalue weighted by Gasteiger charge is 2.76. The summed E-state index contributed by atoms with van der Waals surface area (Å²) in [6, 6.07) is 0. The van der Waals surface area contributed by atoms with Crippen molar-refractivity contribution < 1.29 is 19.0 Å².